The highest BCUT2D eigenvalue weighted by Crippen LogP contribution is 2.38. The van der Waals surface area contributed by atoms with Crippen molar-refractivity contribution in [2.24, 2.45) is 0 Å². The number of ether oxygens (including phenoxy) is 2. The second-order valence-electron chi connectivity index (χ2n) is 8.76. The van der Waals surface area contributed by atoms with Crippen molar-refractivity contribution in [2.75, 3.05) is 57.4 Å². The third-order valence-electron chi connectivity index (χ3n) is 6.29. The van der Waals surface area contributed by atoms with E-state index in [-0.39, 0.29) is 11.7 Å². The number of Topliss-reactive ketones (excluding diaryl/α,β-unsaturated/α-hetero) is 1. The van der Waals surface area contributed by atoms with E-state index in [4.69, 9.17) is 9.47 Å². The van der Waals surface area contributed by atoms with Gasteiger partial charge in [-0.25, -0.2) is 4.98 Å². The maximum absolute atomic E-state index is 13.3. The first-order valence-corrected chi connectivity index (χ1v) is 14.1. The molecular weight excluding hydrogens is 496 g/mol. The molecule has 190 valence electrons. The standard InChI is InChI=1S/C26H30N4O4S2/c31-23-19-6-1-2-7-21(19)34-24(23)20-18-36-26(28-20)30(25(32)22-8-3-17-35-22)12-5-10-27-9-4-11-29-13-15-33-16-14-29/h1-3,6-8,17-18,24,27H,4-5,9-16H2. The molecule has 4 heterocycles. The van der Waals surface area contributed by atoms with Crippen LogP contribution in [0.25, 0.3) is 0 Å². The fourth-order valence-corrected chi connectivity index (χ4v) is 5.90. The lowest BCUT2D eigenvalue weighted by Crippen LogP contribution is -2.38. The molecular formula is C26H30N4O4S2. The molecule has 0 spiro atoms. The number of hydrogen-bond donors (Lipinski definition) is 1. The molecule has 36 heavy (non-hydrogen) atoms. The predicted molar refractivity (Wildman–Crippen MR) is 142 cm³/mol. The summed E-state index contributed by atoms with van der Waals surface area (Å²) in [5.74, 6) is 0.410. The van der Waals surface area contributed by atoms with Gasteiger partial charge in [-0.05, 0) is 56.1 Å². The Morgan fingerprint density at radius 3 is 2.75 bits per heavy atom. The van der Waals surface area contributed by atoms with Crippen LogP contribution in [0, 0.1) is 0 Å². The molecule has 0 aliphatic carbocycles. The van der Waals surface area contributed by atoms with Crippen molar-refractivity contribution in [3.05, 3.63) is 63.3 Å². The normalized spacial score (nSPS) is 17.7. The summed E-state index contributed by atoms with van der Waals surface area (Å²) in [5, 5.41) is 7.80. The van der Waals surface area contributed by atoms with E-state index in [1.165, 1.54) is 22.7 Å². The first kappa shape index (κ1) is 25.0. The average molecular weight is 527 g/mol. The Balaban J connectivity index is 1.17. The van der Waals surface area contributed by atoms with Gasteiger partial charge in [0.05, 0.1) is 23.7 Å². The smallest absolute Gasteiger partial charge is 0.270 e. The van der Waals surface area contributed by atoms with Gasteiger partial charge in [0.25, 0.3) is 5.91 Å². The van der Waals surface area contributed by atoms with Gasteiger partial charge >= 0.3 is 0 Å². The van der Waals surface area contributed by atoms with E-state index < -0.39 is 6.10 Å². The van der Waals surface area contributed by atoms with E-state index in [0.29, 0.717) is 33.6 Å². The number of fused-ring (bicyclic) bond motifs is 1. The number of thiazole rings is 1. The molecule has 2 aliphatic heterocycles. The number of morpholine rings is 1. The average Bonchev–Trinajstić information content (AvgIpc) is 3.67. The molecule has 8 nitrogen and oxygen atoms in total. The first-order valence-electron chi connectivity index (χ1n) is 12.3. The molecule has 0 bridgehead atoms. The molecule has 1 atom stereocenters. The van der Waals surface area contributed by atoms with Crippen LogP contribution in [-0.4, -0.2) is 74.1 Å². The van der Waals surface area contributed by atoms with E-state index in [1.54, 1.807) is 17.0 Å². The molecule has 1 unspecified atom stereocenters. The fraction of sp³-hybridized carbons (Fsp3) is 0.423. The zero-order chi connectivity index (χ0) is 24.7. The van der Waals surface area contributed by atoms with Crippen molar-refractivity contribution >= 4 is 39.5 Å². The summed E-state index contributed by atoms with van der Waals surface area (Å²) in [6.07, 6.45) is 1.12. The van der Waals surface area contributed by atoms with Crippen molar-refractivity contribution in [1.82, 2.24) is 15.2 Å². The number of nitrogens with zero attached hydrogens (tertiary/aromatic N) is 3. The number of benzene rings is 1. The highest BCUT2D eigenvalue weighted by atomic mass is 32.1. The van der Waals surface area contributed by atoms with Gasteiger partial charge in [-0.15, -0.1) is 22.7 Å². The molecule has 1 aromatic carbocycles. The summed E-state index contributed by atoms with van der Waals surface area (Å²) >= 11 is 2.79. The summed E-state index contributed by atoms with van der Waals surface area (Å²) in [7, 11) is 0. The second kappa shape index (κ2) is 12.1. The number of thiophene rings is 1. The Bertz CT molecular complexity index is 1160. The molecule has 1 fully saturated rings. The minimum atomic E-state index is -0.765. The maximum atomic E-state index is 13.3. The number of carbonyl (C=O) groups excluding carboxylic acids is 2. The van der Waals surface area contributed by atoms with Crippen LogP contribution in [0.4, 0.5) is 5.13 Å². The summed E-state index contributed by atoms with van der Waals surface area (Å²) in [5.41, 5.74) is 1.12. The van der Waals surface area contributed by atoms with Crippen LogP contribution in [0.5, 0.6) is 5.75 Å². The molecule has 2 aromatic heterocycles. The number of amides is 1. The first-order chi connectivity index (χ1) is 17.7. The quantitative estimate of drug-likeness (QED) is 0.380. The van der Waals surface area contributed by atoms with Gasteiger partial charge in [-0.2, -0.15) is 0 Å². The Hall–Kier alpha value is -2.63. The van der Waals surface area contributed by atoms with Crippen molar-refractivity contribution in [1.29, 1.82) is 0 Å². The number of rotatable bonds is 11. The molecule has 3 aromatic rings. The van der Waals surface area contributed by atoms with Crippen LogP contribution in [-0.2, 0) is 4.74 Å². The van der Waals surface area contributed by atoms with Crippen LogP contribution in [0.3, 0.4) is 0 Å². The van der Waals surface area contributed by atoms with Gasteiger partial charge in [0.2, 0.25) is 11.9 Å². The van der Waals surface area contributed by atoms with Gasteiger partial charge in [0.15, 0.2) is 5.13 Å². The van der Waals surface area contributed by atoms with Crippen LogP contribution >= 0.6 is 22.7 Å². The van der Waals surface area contributed by atoms with Crippen molar-refractivity contribution in [3.8, 4) is 5.75 Å². The lowest BCUT2D eigenvalue weighted by atomic mass is 10.1. The SMILES string of the molecule is O=C1c2ccccc2OC1c1csc(N(CCCNCCCN2CCOCC2)C(=O)c2cccs2)n1. The summed E-state index contributed by atoms with van der Waals surface area (Å²) in [4.78, 5) is 35.6. The zero-order valence-electron chi connectivity index (χ0n) is 20.1. The second-order valence-corrected chi connectivity index (χ2v) is 10.5. The minimum Gasteiger partial charge on any atom is -0.475 e. The minimum absolute atomic E-state index is 0.0693. The predicted octanol–water partition coefficient (Wildman–Crippen LogP) is 3.87. The van der Waals surface area contributed by atoms with Crippen LogP contribution in [0.1, 0.15) is 44.7 Å². The van der Waals surface area contributed by atoms with Gasteiger partial charge in [0, 0.05) is 25.0 Å². The number of carbonyl (C=O) groups is 2. The number of aromatic nitrogens is 1. The molecule has 0 saturated carbocycles. The third-order valence-corrected chi connectivity index (χ3v) is 8.03. The summed E-state index contributed by atoms with van der Waals surface area (Å²) in [6.45, 7) is 7.06. The Morgan fingerprint density at radius 1 is 1.11 bits per heavy atom. The third kappa shape index (κ3) is 5.84. The Labute approximate surface area is 218 Å². The maximum Gasteiger partial charge on any atom is 0.270 e. The molecule has 0 radical (unpaired) electrons. The Morgan fingerprint density at radius 2 is 1.94 bits per heavy atom. The highest BCUT2D eigenvalue weighted by molar-refractivity contribution is 7.14. The molecule has 1 saturated heterocycles. The van der Waals surface area contributed by atoms with E-state index in [1.807, 2.05) is 35.0 Å². The van der Waals surface area contributed by atoms with E-state index >= 15 is 0 Å². The topological polar surface area (TPSA) is 84.0 Å². The van der Waals surface area contributed by atoms with Gasteiger partial charge in [-0.3, -0.25) is 19.4 Å². The van der Waals surface area contributed by atoms with Crippen molar-refractivity contribution in [2.45, 2.75) is 18.9 Å². The van der Waals surface area contributed by atoms with E-state index in [0.717, 1.165) is 58.8 Å². The van der Waals surface area contributed by atoms with Crippen molar-refractivity contribution in [3.63, 3.8) is 0 Å². The van der Waals surface area contributed by atoms with Gasteiger partial charge in [-0.1, -0.05) is 18.2 Å². The summed E-state index contributed by atoms with van der Waals surface area (Å²) < 4.78 is 11.3. The zero-order valence-corrected chi connectivity index (χ0v) is 21.7. The molecule has 2 aliphatic rings. The van der Waals surface area contributed by atoms with E-state index in [9.17, 15) is 9.59 Å². The molecule has 1 amide bonds. The van der Waals surface area contributed by atoms with Gasteiger partial charge < -0.3 is 14.8 Å². The van der Waals surface area contributed by atoms with E-state index in [2.05, 4.69) is 15.2 Å². The number of anilines is 1. The number of para-hydroxylation sites is 1. The largest absolute Gasteiger partial charge is 0.475 e. The van der Waals surface area contributed by atoms with Gasteiger partial charge in [0.1, 0.15) is 11.4 Å². The molecule has 10 heteroatoms. The number of ketones is 1. The lowest BCUT2D eigenvalue weighted by molar-refractivity contribution is 0.0374. The van der Waals surface area contributed by atoms with Crippen LogP contribution < -0.4 is 15.0 Å². The van der Waals surface area contributed by atoms with Crippen molar-refractivity contribution < 1.29 is 19.1 Å². The lowest BCUT2D eigenvalue weighted by Gasteiger charge is -2.26. The number of hydrogen-bond acceptors (Lipinski definition) is 9. The molecule has 5 rings (SSSR count). The monoisotopic (exact) mass is 526 g/mol. The number of nitrogens with one attached hydrogen (secondary N) is 1. The highest BCUT2D eigenvalue weighted by Gasteiger charge is 2.35. The molecule has 1 N–H and O–H groups in total. The fourth-order valence-electron chi connectivity index (χ4n) is 4.37. The van der Waals surface area contributed by atoms with Crippen LogP contribution in [0.15, 0.2) is 47.2 Å². The summed E-state index contributed by atoms with van der Waals surface area (Å²) in [6, 6.07) is 10.9. The Kier molecular flexibility index (Phi) is 8.40. The van der Waals surface area contributed by atoms with Crippen LogP contribution in [0.2, 0.25) is 0 Å².